The number of aliphatic carboxylic acids is 2. The summed E-state index contributed by atoms with van der Waals surface area (Å²) >= 11 is 0. The van der Waals surface area contributed by atoms with Gasteiger partial charge in [-0.2, -0.15) is 26.3 Å². The third-order valence-electron chi connectivity index (χ3n) is 7.38. The maximum Gasteiger partial charge on any atom is 0.490 e. The van der Waals surface area contributed by atoms with Crippen molar-refractivity contribution in [2.45, 2.75) is 70.9 Å². The average molecular weight is 623 g/mol. The largest absolute Gasteiger partial charge is 0.490 e. The molecule has 1 spiro atoms. The normalized spacial score (nSPS) is 17.9. The van der Waals surface area contributed by atoms with Crippen LogP contribution in [-0.2, 0) is 29.1 Å². The number of nitrogens with zero attached hydrogens (tertiary/aromatic N) is 5. The van der Waals surface area contributed by atoms with Gasteiger partial charge in [-0.05, 0) is 75.6 Å². The van der Waals surface area contributed by atoms with Crippen molar-refractivity contribution in [2.75, 3.05) is 19.6 Å². The van der Waals surface area contributed by atoms with Crippen LogP contribution in [0.15, 0.2) is 18.2 Å². The minimum absolute atomic E-state index is 0.0596. The molecule has 0 atom stereocenters. The van der Waals surface area contributed by atoms with Crippen molar-refractivity contribution in [2.24, 2.45) is 11.3 Å². The first-order valence-corrected chi connectivity index (χ1v) is 13.4. The zero-order valence-corrected chi connectivity index (χ0v) is 23.2. The van der Waals surface area contributed by atoms with E-state index in [0.717, 1.165) is 75.6 Å². The lowest BCUT2D eigenvalue weighted by atomic mass is 9.73. The number of halogens is 6. The first-order valence-electron chi connectivity index (χ1n) is 13.4. The van der Waals surface area contributed by atoms with E-state index in [0.29, 0.717) is 11.7 Å². The number of aromatic nitrogens is 4. The predicted molar refractivity (Wildman–Crippen MR) is 137 cm³/mol. The van der Waals surface area contributed by atoms with E-state index in [1.54, 1.807) is 0 Å². The molecule has 1 saturated carbocycles. The lowest BCUT2D eigenvalue weighted by molar-refractivity contribution is -0.193. The number of alkyl halides is 6. The monoisotopic (exact) mass is 622 g/mol. The number of hydrogen-bond acceptors (Lipinski definition) is 7. The molecule has 11 nitrogen and oxygen atoms in total. The van der Waals surface area contributed by atoms with Gasteiger partial charge in [-0.3, -0.25) is 14.7 Å². The number of fused-ring (bicyclic) bond motifs is 1. The van der Waals surface area contributed by atoms with Gasteiger partial charge in [0.2, 0.25) is 5.82 Å². The minimum Gasteiger partial charge on any atom is -0.475 e. The van der Waals surface area contributed by atoms with Crippen molar-refractivity contribution in [1.29, 1.82) is 0 Å². The molecule has 0 bridgehead atoms. The molecule has 5 rings (SSSR count). The fourth-order valence-electron chi connectivity index (χ4n) is 4.79. The highest BCUT2D eigenvalue weighted by molar-refractivity contribution is 5.90. The molecular formula is C26H32F6N6O5. The molecular weight excluding hydrogens is 590 g/mol. The van der Waals surface area contributed by atoms with Gasteiger partial charge < -0.3 is 20.1 Å². The fourth-order valence-corrected chi connectivity index (χ4v) is 4.79. The summed E-state index contributed by atoms with van der Waals surface area (Å²) in [6.07, 6.45) is -3.33. The van der Waals surface area contributed by atoms with E-state index in [2.05, 4.69) is 42.1 Å². The van der Waals surface area contributed by atoms with Crippen molar-refractivity contribution in [1.82, 2.24) is 30.0 Å². The van der Waals surface area contributed by atoms with Gasteiger partial charge in [-0.1, -0.05) is 6.07 Å². The summed E-state index contributed by atoms with van der Waals surface area (Å²) in [5.41, 5.74) is 2.49. The highest BCUT2D eigenvalue weighted by Crippen LogP contribution is 2.41. The van der Waals surface area contributed by atoms with E-state index >= 15 is 0 Å². The van der Waals surface area contributed by atoms with Gasteiger partial charge in [-0.15, -0.1) is 10.2 Å². The summed E-state index contributed by atoms with van der Waals surface area (Å²) in [5.74, 6) is -3.43. The first-order chi connectivity index (χ1) is 20.0. The minimum atomic E-state index is -5.08. The standard InChI is InChI=1S/C22H30N6O.2C2HF3O2/c1-16-3-2-4-18(24-16)14-27-11-9-22(10-12-27)8-7-19-25-26-20(28(19)15-22)21(29)23-13-17-5-6-17;2*3-2(4,5)1(6)7/h2-4,17H,5-15H2,1H3,(H,23,29);2*(H,6,7). The van der Waals surface area contributed by atoms with E-state index in [4.69, 9.17) is 19.8 Å². The number of piperidine rings is 1. The predicted octanol–water partition coefficient (Wildman–Crippen LogP) is 3.62. The smallest absolute Gasteiger partial charge is 0.475 e. The number of amides is 1. The number of hydrogen-bond donors (Lipinski definition) is 3. The Morgan fingerprint density at radius 3 is 2.07 bits per heavy atom. The number of carbonyl (C=O) groups is 3. The van der Waals surface area contributed by atoms with E-state index in [-0.39, 0.29) is 11.3 Å². The summed E-state index contributed by atoms with van der Waals surface area (Å²) in [6.45, 7) is 6.77. The van der Waals surface area contributed by atoms with Gasteiger partial charge in [0.15, 0.2) is 0 Å². The van der Waals surface area contributed by atoms with Crippen molar-refractivity contribution in [3.63, 3.8) is 0 Å². The summed E-state index contributed by atoms with van der Waals surface area (Å²) < 4.78 is 65.6. The van der Waals surface area contributed by atoms with Gasteiger partial charge in [-0.25, -0.2) is 9.59 Å². The first kappa shape index (κ1) is 33.7. The van der Waals surface area contributed by atoms with Gasteiger partial charge in [0, 0.05) is 31.7 Å². The van der Waals surface area contributed by atoms with E-state index in [9.17, 15) is 31.1 Å². The van der Waals surface area contributed by atoms with E-state index < -0.39 is 24.3 Å². The Balaban J connectivity index is 0.000000303. The molecule has 2 aromatic heterocycles. The Hall–Kier alpha value is -3.76. The van der Waals surface area contributed by atoms with Crippen LogP contribution in [0.5, 0.6) is 0 Å². The maximum absolute atomic E-state index is 12.6. The van der Waals surface area contributed by atoms with Crippen LogP contribution in [0.25, 0.3) is 0 Å². The Kier molecular flexibility index (Phi) is 10.7. The molecule has 3 aliphatic rings. The summed E-state index contributed by atoms with van der Waals surface area (Å²) in [5, 5.41) is 25.8. The van der Waals surface area contributed by atoms with Gasteiger partial charge in [0.05, 0.1) is 5.69 Å². The molecule has 238 valence electrons. The van der Waals surface area contributed by atoms with Crippen LogP contribution in [0, 0.1) is 18.3 Å². The van der Waals surface area contributed by atoms with E-state index in [1.165, 1.54) is 12.8 Å². The lowest BCUT2D eigenvalue weighted by Gasteiger charge is -2.44. The van der Waals surface area contributed by atoms with Crippen molar-refractivity contribution in [3.05, 3.63) is 41.2 Å². The number of aryl methyl sites for hydroxylation is 2. The fraction of sp³-hybridized carbons (Fsp3) is 0.615. The SMILES string of the molecule is Cc1cccc(CN2CCC3(CCc4nnc(C(=O)NCC5CC5)n4C3)CC2)n1.O=C(O)C(F)(F)F.O=C(O)C(F)(F)F. The van der Waals surface area contributed by atoms with Gasteiger partial charge >= 0.3 is 24.3 Å². The number of carboxylic acid groups (broad SMARTS) is 2. The summed E-state index contributed by atoms with van der Waals surface area (Å²) in [6, 6.07) is 6.26. The molecule has 3 N–H and O–H groups in total. The van der Waals surface area contributed by atoms with Gasteiger partial charge in [0.25, 0.3) is 5.91 Å². The molecule has 0 aromatic carbocycles. The summed E-state index contributed by atoms with van der Waals surface area (Å²) in [4.78, 5) is 37.6. The van der Waals surface area contributed by atoms with Crippen molar-refractivity contribution in [3.8, 4) is 0 Å². The van der Waals surface area contributed by atoms with Gasteiger partial charge in [0.1, 0.15) is 5.82 Å². The highest BCUT2D eigenvalue weighted by atomic mass is 19.4. The number of likely N-dealkylation sites (tertiary alicyclic amines) is 1. The zero-order valence-electron chi connectivity index (χ0n) is 23.2. The molecule has 0 radical (unpaired) electrons. The highest BCUT2D eigenvalue weighted by Gasteiger charge is 2.40. The Bertz CT molecular complexity index is 1260. The second kappa shape index (κ2) is 13.7. The van der Waals surface area contributed by atoms with Crippen LogP contribution >= 0.6 is 0 Å². The Labute approximate surface area is 242 Å². The number of nitrogens with one attached hydrogen (secondary N) is 1. The van der Waals surface area contributed by atoms with Crippen LogP contribution < -0.4 is 5.32 Å². The number of pyridine rings is 1. The molecule has 17 heteroatoms. The van der Waals surface area contributed by atoms with Crippen molar-refractivity contribution < 1.29 is 50.9 Å². The van der Waals surface area contributed by atoms with Crippen LogP contribution in [0.2, 0.25) is 0 Å². The van der Waals surface area contributed by atoms with Crippen LogP contribution in [0.4, 0.5) is 26.3 Å². The maximum atomic E-state index is 12.6. The third kappa shape index (κ3) is 10.2. The Morgan fingerprint density at radius 1 is 0.977 bits per heavy atom. The number of carboxylic acids is 2. The quantitative estimate of drug-likeness (QED) is 0.425. The number of rotatable bonds is 5. The lowest BCUT2D eigenvalue weighted by Crippen LogP contribution is -2.45. The third-order valence-corrected chi connectivity index (χ3v) is 7.38. The molecule has 1 amide bonds. The van der Waals surface area contributed by atoms with E-state index in [1.807, 2.05) is 13.0 Å². The average Bonchev–Trinajstić information content (AvgIpc) is 3.66. The molecule has 0 unspecified atom stereocenters. The molecule has 1 saturated heterocycles. The van der Waals surface area contributed by atoms with Crippen LogP contribution in [0.3, 0.4) is 0 Å². The van der Waals surface area contributed by atoms with Crippen molar-refractivity contribution >= 4 is 17.8 Å². The molecule has 2 aliphatic heterocycles. The molecule has 2 fully saturated rings. The molecule has 1 aliphatic carbocycles. The van der Waals surface area contributed by atoms with Crippen LogP contribution in [-0.4, -0.2) is 84.7 Å². The number of carbonyl (C=O) groups excluding carboxylic acids is 1. The summed E-state index contributed by atoms with van der Waals surface area (Å²) in [7, 11) is 0. The molecule has 2 aromatic rings. The second-order valence-corrected chi connectivity index (χ2v) is 10.8. The van der Waals surface area contributed by atoms with Crippen LogP contribution in [0.1, 0.15) is 59.9 Å². The molecule has 43 heavy (non-hydrogen) atoms. The zero-order chi connectivity index (χ0) is 32.0. The second-order valence-electron chi connectivity index (χ2n) is 10.8. The topological polar surface area (TPSA) is 151 Å². The Morgan fingerprint density at radius 2 is 1.56 bits per heavy atom. The molecule has 4 heterocycles.